The number of imidazole rings is 1. The van der Waals surface area contributed by atoms with Crippen LogP contribution in [0.2, 0.25) is 0 Å². The number of hydrogen-bond acceptors (Lipinski definition) is 5. The molecular weight excluding hydrogens is 324 g/mol. The number of nitrogens with one attached hydrogen (secondary N) is 1. The van der Waals surface area contributed by atoms with Crippen molar-refractivity contribution < 1.29 is 0 Å². The van der Waals surface area contributed by atoms with Crippen LogP contribution in [0.25, 0.3) is 21.9 Å². The van der Waals surface area contributed by atoms with Crippen molar-refractivity contribution in [3.63, 3.8) is 0 Å². The minimum Gasteiger partial charge on any atom is -0.382 e. The number of unbranched alkanes of at least 4 members (excludes halogenated alkanes) is 1. The number of nitrogens with zero attached hydrogens (tertiary/aromatic N) is 4. The third kappa shape index (κ3) is 3.06. The summed E-state index contributed by atoms with van der Waals surface area (Å²) in [4.78, 5) is 13.4. The molecule has 6 nitrogen and oxygen atoms in total. The number of nitrogens with two attached hydrogens (primary N) is 1. The highest BCUT2D eigenvalue weighted by Gasteiger charge is 2.12. The maximum absolute atomic E-state index is 6.09. The minimum atomic E-state index is 0.408. The second-order valence-electron chi connectivity index (χ2n) is 6.40. The summed E-state index contributed by atoms with van der Waals surface area (Å²) < 4.78 is 2.03. The van der Waals surface area contributed by atoms with Crippen molar-refractivity contribution in [1.29, 1.82) is 0 Å². The number of fused-ring (bicyclic) bond motifs is 2. The van der Waals surface area contributed by atoms with E-state index in [9.17, 15) is 0 Å². The first-order valence-electron chi connectivity index (χ1n) is 8.95. The monoisotopic (exact) mass is 346 g/mol. The quantitative estimate of drug-likeness (QED) is 0.519. The molecule has 132 valence electrons. The van der Waals surface area contributed by atoms with Gasteiger partial charge in [0.05, 0.1) is 12.9 Å². The number of benzene rings is 2. The molecule has 0 aliphatic carbocycles. The van der Waals surface area contributed by atoms with Gasteiger partial charge in [0.25, 0.3) is 0 Å². The first-order chi connectivity index (χ1) is 12.8. The largest absolute Gasteiger partial charge is 0.382 e. The maximum Gasteiger partial charge on any atom is 0.226 e. The lowest BCUT2D eigenvalue weighted by molar-refractivity contribution is 0.812. The Kier molecular flexibility index (Phi) is 4.39. The van der Waals surface area contributed by atoms with Crippen LogP contribution in [0.1, 0.15) is 25.3 Å². The van der Waals surface area contributed by atoms with Crippen molar-refractivity contribution in [3.05, 3.63) is 54.4 Å². The van der Waals surface area contributed by atoms with Crippen LogP contribution in [0.5, 0.6) is 0 Å². The molecular formula is C20H22N6. The molecule has 0 aliphatic rings. The molecule has 2 aromatic carbocycles. The molecule has 4 aromatic rings. The Morgan fingerprint density at radius 1 is 1.08 bits per heavy atom. The third-order valence-corrected chi connectivity index (χ3v) is 4.52. The van der Waals surface area contributed by atoms with Crippen molar-refractivity contribution in [1.82, 2.24) is 19.5 Å². The number of anilines is 2. The molecule has 0 atom stereocenters. The zero-order chi connectivity index (χ0) is 17.9. The Balaban J connectivity index is 1.72. The molecule has 0 saturated carbocycles. The summed E-state index contributed by atoms with van der Waals surface area (Å²) in [5.74, 6) is 0.966. The summed E-state index contributed by atoms with van der Waals surface area (Å²) in [6.07, 6.45) is 3.97. The summed E-state index contributed by atoms with van der Waals surface area (Å²) >= 11 is 0. The van der Waals surface area contributed by atoms with Crippen LogP contribution in [-0.2, 0) is 6.54 Å². The number of nitrogen functional groups attached to an aromatic ring is 1. The summed E-state index contributed by atoms with van der Waals surface area (Å²) in [6, 6.07) is 14.7. The standard InChI is InChI=1S/C20H22N6/c1-2-3-11-22-20-24-18(21)17-19(25-20)26(13-23-17)12-15-9-6-8-14-7-4-5-10-16(14)15/h4-10,13H,2-3,11-12H2,1H3,(H3,21,22,24,25). The lowest BCUT2D eigenvalue weighted by Gasteiger charge is -2.09. The van der Waals surface area contributed by atoms with Crippen molar-refractivity contribution in [2.75, 3.05) is 17.6 Å². The van der Waals surface area contributed by atoms with Crippen molar-refractivity contribution in [2.24, 2.45) is 0 Å². The average molecular weight is 346 g/mol. The van der Waals surface area contributed by atoms with E-state index in [4.69, 9.17) is 5.73 Å². The fraction of sp³-hybridized carbons (Fsp3) is 0.250. The highest BCUT2D eigenvalue weighted by atomic mass is 15.2. The van der Waals surface area contributed by atoms with Gasteiger partial charge in [0.15, 0.2) is 11.5 Å². The zero-order valence-electron chi connectivity index (χ0n) is 14.8. The van der Waals surface area contributed by atoms with Crippen LogP contribution in [0.4, 0.5) is 11.8 Å². The van der Waals surface area contributed by atoms with E-state index >= 15 is 0 Å². The highest BCUT2D eigenvalue weighted by Crippen LogP contribution is 2.23. The zero-order valence-corrected chi connectivity index (χ0v) is 14.8. The van der Waals surface area contributed by atoms with Gasteiger partial charge in [-0.05, 0) is 22.8 Å². The minimum absolute atomic E-state index is 0.408. The molecule has 0 aliphatic heterocycles. The number of hydrogen-bond donors (Lipinski definition) is 2. The van der Waals surface area contributed by atoms with Gasteiger partial charge in [0, 0.05) is 6.54 Å². The number of rotatable bonds is 6. The number of aromatic nitrogens is 4. The van der Waals surface area contributed by atoms with Gasteiger partial charge in [-0.15, -0.1) is 0 Å². The van der Waals surface area contributed by atoms with Crippen LogP contribution in [0, 0.1) is 0 Å². The van der Waals surface area contributed by atoms with E-state index in [0.29, 0.717) is 23.8 Å². The van der Waals surface area contributed by atoms with Crippen LogP contribution in [0.15, 0.2) is 48.8 Å². The molecule has 4 rings (SSSR count). The lowest BCUT2D eigenvalue weighted by atomic mass is 10.0. The molecule has 0 radical (unpaired) electrons. The smallest absolute Gasteiger partial charge is 0.226 e. The Morgan fingerprint density at radius 3 is 2.81 bits per heavy atom. The summed E-state index contributed by atoms with van der Waals surface area (Å²) in [7, 11) is 0. The summed E-state index contributed by atoms with van der Waals surface area (Å²) in [6.45, 7) is 3.67. The summed E-state index contributed by atoms with van der Waals surface area (Å²) in [5.41, 5.74) is 8.71. The van der Waals surface area contributed by atoms with Gasteiger partial charge in [-0.25, -0.2) is 4.98 Å². The molecule has 26 heavy (non-hydrogen) atoms. The van der Waals surface area contributed by atoms with E-state index in [-0.39, 0.29) is 0 Å². The van der Waals surface area contributed by atoms with Crippen LogP contribution in [-0.4, -0.2) is 26.1 Å². The van der Waals surface area contributed by atoms with Gasteiger partial charge in [0.2, 0.25) is 5.95 Å². The van der Waals surface area contributed by atoms with Crippen LogP contribution < -0.4 is 11.1 Å². The SMILES string of the molecule is CCCCNc1nc(N)c2ncn(Cc3cccc4ccccc34)c2n1. The second-order valence-corrected chi connectivity index (χ2v) is 6.40. The molecule has 0 bridgehead atoms. The molecule has 0 spiro atoms. The fourth-order valence-corrected chi connectivity index (χ4v) is 3.15. The molecule has 3 N–H and O–H groups in total. The van der Waals surface area contributed by atoms with E-state index < -0.39 is 0 Å². The van der Waals surface area contributed by atoms with E-state index in [1.54, 1.807) is 6.33 Å². The van der Waals surface area contributed by atoms with Gasteiger partial charge in [0.1, 0.15) is 5.52 Å². The van der Waals surface area contributed by atoms with Gasteiger partial charge in [-0.2, -0.15) is 9.97 Å². The van der Waals surface area contributed by atoms with Gasteiger partial charge >= 0.3 is 0 Å². The van der Waals surface area contributed by atoms with Crippen LogP contribution in [0.3, 0.4) is 0 Å². The predicted molar refractivity (Wildman–Crippen MR) is 106 cm³/mol. The third-order valence-electron chi connectivity index (χ3n) is 4.52. The Bertz CT molecular complexity index is 1050. The first-order valence-corrected chi connectivity index (χ1v) is 8.95. The molecule has 0 unspecified atom stereocenters. The molecule has 2 heterocycles. The van der Waals surface area contributed by atoms with Gasteiger partial charge in [-0.1, -0.05) is 55.8 Å². The van der Waals surface area contributed by atoms with Crippen molar-refractivity contribution >= 4 is 33.7 Å². The highest BCUT2D eigenvalue weighted by molar-refractivity contribution is 5.86. The fourth-order valence-electron chi connectivity index (χ4n) is 3.15. The second kappa shape index (κ2) is 7.00. The summed E-state index contributed by atoms with van der Waals surface area (Å²) in [5, 5.41) is 5.71. The van der Waals surface area contributed by atoms with Crippen molar-refractivity contribution in [3.8, 4) is 0 Å². The van der Waals surface area contributed by atoms with E-state index in [0.717, 1.165) is 25.0 Å². The Hall–Kier alpha value is -3.15. The molecule has 0 amide bonds. The molecule has 6 heteroatoms. The van der Waals surface area contributed by atoms with Gasteiger partial charge < -0.3 is 15.6 Å². The maximum atomic E-state index is 6.09. The van der Waals surface area contributed by atoms with E-state index in [1.165, 1.54) is 16.3 Å². The molecule has 0 saturated heterocycles. The Morgan fingerprint density at radius 2 is 1.92 bits per heavy atom. The molecule has 2 aromatic heterocycles. The predicted octanol–water partition coefficient (Wildman–Crippen LogP) is 3.82. The van der Waals surface area contributed by atoms with E-state index in [1.807, 2.05) is 4.57 Å². The molecule has 0 fully saturated rings. The van der Waals surface area contributed by atoms with E-state index in [2.05, 4.69) is 69.7 Å². The average Bonchev–Trinajstić information content (AvgIpc) is 3.06. The van der Waals surface area contributed by atoms with Crippen LogP contribution >= 0.6 is 0 Å². The lowest BCUT2D eigenvalue weighted by Crippen LogP contribution is -2.08. The van der Waals surface area contributed by atoms with Crippen molar-refractivity contribution in [2.45, 2.75) is 26.3 Å². The topological polar surface area (TPSA) is 81.6 Å². The Labute approximate surface area is 152 Å². The first kappa shape index (κ1) is 16.3. The van der Waals surface area contributed by atoms with Gasteiger partial charge in [-0.3, -0.25) is 0 Å². The normalized spacial score (nSPS) is 11.3.